The lowest BCUT2D eigenvalue weighted by Gasteiger charge is -2.38. The number of piperazine rings is 1. The van der Waals surface area contributed by atoms with Crippen LogP contribution >= 0.6 is 0 Å². The van der Waals surface area contributed by atoms with E-state index in [1.165, 1.54) is 18.2 Å². The van der Waals surface area contributed by atoms with Gasteiger partial charge in [-0.25, -0.2) is 17.5 Å². The number of aromatic nitrogens is 1. The number of likely N-dealkylation sites (N-methyl/N-ethyl adjacent to an activating group) is 1. The molecule has 160 valence electrons. The predicted octanol–water partition coefficient (Wildman–Crippen LogP) is 2.88. The highest BCUT2D eigenvalue weighted by molar-refractivity contribution is 7.89. The van der Waals surface area contributed by atoms with E-state index in [0.717, 1.165) is 42.6 Å². The highest BCUT2D eigenvalue weighted by atomic mass is 32.2. The molecule has 2 heterocycles. The van der Waals surface area contributed by atoms with Crippen LogP contribution in [0, 0.1) is 12.7 Å². The Hall–Kier alpha value is -2.26. The third-order valence-electron chi connectivity index (χ3n) is 5.87. The van der Waals surface area contributed by atoms with Gasteiger partial charge >= 0.3 is 0 Å². The Morgan fingerprint density at radius 3 is 2.60 bits per heavy atom. The average molecular weight is 431 g/mol. The van der Waals surface area contributed by atoms with Crippen LogP contribution in [0.1, 0.15) is 17.2 Å². The van der Waals surface area contributed by atoms with Crippen molar-refractivity contribution >= 4 is 20.9 Å². The number of aryl methyl sites for hydroxylation is 1. The summed E-state index contributed by atoms with van der Waals surface area (Å²) < 4.78 is 42.1. The maximum absolute atomic E-state index is 13.6. The van der Waals surface area contributed by atoms with Crippen LogP contribution in [0.4, 0.5) is 4.39 Å². The molecular weight excluding hydrogens is 403 g/mol. The monoisotopic (exact) mass is 430 g/mol. The fourth-order valence-electron chi connectivity index (χ4n) is 4.00. The van der Waals surface area contributed by atoms with Crippen molar-refractivity contribution in [3.8, 4) is 0 Å². The van der Waals surface area contributed by atoms with E-state index < -0.39 is 15.8 Å². The van der Waals surface area contributed by atoms with Gasteiger partial charge in [-0.15, -0.1) is 0 Å². The van der Waals surface area contributed by atoms with E-state index in [1.807, 2.05) is 24.4 Å². The number of benzene rings is 2. The van der Waals surface area contributed by atoms with Crippen molar-refractivity contribution in [3.63, 3.8) is 0 Å². The Kier molecular flexibility index (Phi) is 5.92. The summed E-state index contributed by atoms with van der Waals surface area (Å²) in [5.41, 5.74) is 2.42. The van der Waals surface area contributed by atoms with E-state index in [4.69, 9.17) is 0 Å². The van der Waals surface area contributed by atoms with E-state index in [9.17, 15) is 12.8 Å². The van der Waals surface area contributed by atoms with Crippen molar-refractivity contribution in [2.75, 3.05) is 39.8 Å². The third kappa shape index (κ3) is 4.27. The second-order valence-corrected chi connectivity index (χ2v) is 9.67. The fraction of sp³-hybridized carbons (Fsp3) is 0.364. The molecule has 1 aromatic heterocycles. The Balaban J connectivity index is 1.62. The van der Waals surface area contributed by atoms with Crippen LogP contribution in [0.25, 0.3) is 10.9 Å². The minimum Gasteiger partial charge on any atom is -0.361 e. The molecule has 1 aliphatic heterocycles. The van der Waals surface area contributed by atoms with E-state index in [-0.39, 0.29) is 17.5 Å². The minimum absolute atomic E-state index is 0.0810. The average Bonchev–Trinajstić information content (AvgIpc) is 3.15. The van der Waals surface area contributed by atoms with Gasteiger partial charge in [0.2, 0.25) is 10.0 Å². The molecule has 1 aliphatic rings. The predicted molar refractivity (Wildman–Crippen MR) is 116 cm³/mol. The standard InChI is InChI=1S/C22H27FN4O2S/c1-16-13-17(7-8-20(16)23)30(28,29)25-15-22(27-11-9-26(2)10-12-27)19-14-24-21-6-4-3-5-18(19)21/h3-8,13-14,22,24-25H,9-12,15H2,1-2H3. The zero-order valence-electron chi connectivity index (χ0n) is 17.2. The van der Waals surface area contributed by atoms with Crippen molar-refractivity contribution < 1.29 is 12.8 Å². The van der Waals surface area contributed by atoms with Crippen molar-refractivity contribution in [1.29, 1.82) is 0 Å². The van der Waals surface area contributed by atoms with Crippen molar-refractivity contribution in [2.24, 2.45) is 0 Å². The zero-order chi connectivity index (χ0) is 21.3. The van der Waals surface area contributed by atoms with Gasteiger partial charge in [-0.2, -0.15) is 0 Å². The number of nitrogens with zero attached hydrogens (tertiary/aromatic N) is 2. The number of rotatable bonds is 6. The molecule has 1 atom stereocenters. The van der Waals surface area contributed by atoms with E-state index in [1.54, 1.807) is 6.92 Å². The number of fused-ring (bicyclic) bond motifs is 1. The van der Waals surface area contributed by atoms with Crippen molar-refractivity contribution in [1.82, 2.24) is 19.5 Å². The first-order valence-electron chi connectivity index (χ1n) is 10.1. The van der Waals surface area contributed by atoms with Gasteiger partial charge in [0, 0.05) is 49.8 Å². The first-order valence-corrected chi connectivity index (χ1v) is 11.6. The summed E-state index contributed by atoms with van der Waals surface area (Å²) in [6.45, 7) is 5.39. The van der Waals surface area contributed by atoms with Crippen LogP contribution in [0.3, 0.4) is 0 Å². The molecule has 6 nitrogen and oxygen atoms in total. The van der Waals surface area contributed by atoms with Crippen LogP contribution in [0.15, 0.2) is 53.6 Å². The van der Waals surface area contributed by atoms with Crippen LogP contribution in [0.2, 0.25) is 0 Å². The number of halogens is 1. The van der Waals surface area contributed by atoms with Gasteiger partial charge in [-0.05, 0) is 49.4 Å². The van der Waals surface area contributed by atoms with E-state index in [2.05, 4.69) is 32.6 Å². The highest BCUT2D eigenvalue weighted by Gasteiger charge is 2.28. The van der Waals surface area contributed by atoms with Crippen LogP contribution in [-0.2, 0) is 10.0 Å². The second kappa shape index (κ2) is 8.47. The smallest absolute Gasteiger partial charge is 0.240 e. The molecule has 2 N–H and O–H groups in total. The number of sulfonamides is 1. The lowest BCUT2D eigenvalue weighted by atomic mass is 10.0. The highest BCUT2D eigenvalue weighted by Crippen LogP contribution is 2.29. The van der Waals surface area contributed by atoms with Crippen molar-refractivity contribution in [2.45, 2.75) is 17.9 Å². The molecule has 1 fully saturated rings. The maximum Gasteiger partial charge on any atom is 0.240 e. The molecule has 3 aromatic rings. The fourth-order valence-corrected chi connectivity index (χ4v) is 5.12. The van der Waals surface area contributed by atoms with Crippen LogP contribution < -0.4 is 4.72 Å². The Morgan fingerprint density at radius 1 is 1.13 bits per heavy atom. The summed E-state index contributed by atoms with van der Waals surface area (Å²) in [6, 6.07) is 11.8. The van der Waals surface area contributed by atoms with Gasteiger partial charge in [0.05, 0.1) is 10.9 Å². The number of H-pyrrole nitrogens is 1. The Labute approximate surface area is 176 Å². The Bertz CT molecular complexity index is 1140. The lowest BCUT2D eigenvalue weighted by molar-refractivity contribution is 0.113. The van der Waals surface area contributed by atoms with Gasteiger partial charge in [0.1, 0.15) is 5.82 Å². The molecule has 8 heteroatoms. The molecule has 30 heavy (non-hydrogen) atoms. The van der Waals surface area contributed by atoms with Gasteiger partial charge < -0.3 is 9.88 Å². The number of hydrogen-bond acceptors (Lipinski definition) is 4. The number of hydrogen-bond donors (Lipinski definition) is 2. The molecule has 0 radical (unpaired) electrons. The maximum atomic E-state index is 13.6. The summed E-state index contributed by atoms with van der Waals surface area (Å²) in [5, 5.41) is 1.10. The molecule has 0 amide bonds. The van der Waals surface area contributed by atoms with Crippen molar-refractivity contribution in [3.05, 3.63) is 65.6 Å². The number of nitrogens with one attached hydrogen (secondary N) is 2. The molecule has 1 unspecified atom stereocenters. The van der Waals surface area contributed by atoms with Gasteiger partial charge in [0.25, 0.3) is 0 Å². The zero-order valence-corrected chi connectivity index (χ0v) is 18.0. The summed E-state index contributed by atoms with van der Waals surface area (Å²) in [5.74, 6) is -0.414. The quantitative estimate of drug-likeness (QED) is 0.631. The normalized spacial score (nSPS) is 17.4. The minimum atomic E-state index is -3.75. The molecule has 0 saturated carbocycles. The largest absolute Gasteiger partial charge is 0.361 e. The summed E-state index contributed by atoms with van der Waals surface area (Å²) >= 11 is 0. The van der Waals surface area contributed by atoms with Gasteiger partial charge in [-0.3, -0.25) is 4.90 Å². The summed E-state index contributed by atoms with van der Waals surface area (Å²) in [4.78, 5) is 7.98. The van der Waals surface area contributed by atoms with Crippen LogP contribution in [-0.4, -0.2) is 63.0 Å². The topological polar surface area (TPSA) is 68.4 Å². The Morgan fingerprint density at radius 2 is 1.87 bits per heavy atom. The molecule has 2 aromatic carbocycles. The lowest BCUT2D eigenvalue weighted by Crippen LogP contribution is -2.48. The number of para-hydroxylation sites is 1. The molecular formula is C22H27FN4O2S. The number of aromatic amines is 1. The summed E-state index contributed by atoms with van der Waals surface area (Å²) in [7, 11) is -1.66. The summed E-state index contributed by atoms with van der Waals surface area (Å²) in [6.07, 6.45) is 1.98. The molecule has 0 spiro atoms. The molecule has 0 bridgehead atoms. The molecule has 1 saturated heterocycles. The second-order valence-electron chi connectivity index (χ2n) is 7.91. The third-order valence-corrected chi connectivity index (χ3v) is 7.29. The van der Waals surface area contributed by atoms with E-state index in [0.29, 0.717) is 5.56 Å². The van der Waals surface area contributed by atoms with Gasteiger partial charge in [-0.1, -0.05) is 18.2 Å². The first-order chi connectivity index (χ1) is 14.3. The first kappa shape index (κ1) is 21.0. The van der Waals surface area contributed by atoms with Gasteiger partial charge in [0.15, 0.2) is 0 Å². The molecule has 0 aliphatic carbocycles. The van der Waals surface area contributed by atoms with E-state index >= 15 is 0 Å². The SMILES string of the molecule is Cc1cc(S(=O)(=O)NCC(c2c[nH]c3ccccc23)N2CCN(C)CC2)ccc1F. The van der Waals surface area contributed by atoms with Crippen LogP contribution in [0.5, 0.6) is 0 Å². The molecule has 4 rings (SSSR count).